The van der Waals surface area contributed by atoms with Crippen LogP contribution in [0.2, 0.25) is 0 Å². The number of ether oxygens (including phenoxy) is 3. The number of anilines is 2. The van der Waals surface area contributed by atoms with Gasteiger partial charge in [0.05, 0.1) is 42.7 Å². The van der Waals surface area contributed by atoms with E-state index in [1.807, 2.05) is 19.9 Å². The van der Waals surface area contributed by atoms with Gasteiger partial charge in [-0.05, 0) is 26.0 Å². The summed E-state index contributed by atoms with van der Waals surface area (Å²) in [4.78, 5) is 2.35. The fourth-order valence-electron chi connectivity index (χ4n) is 3.03. The van der Waals surface area contributed by atoms with E-state index in [4.69, 9.17) is 14.2 Å². The fourth-order valence-corrected chi connectivity index (χ4v) is 4.11. The zero-order valence-electron chi connectivity index (χ0n) is 16.2. The highest BCUT2D eigenvalue weighted by Crippen LogP contribution is 2.40. The fraction of sp³-hybridized carbons (Fsp3) is 0.400. The highest BCUT2D eigenvalue weighted by molar-refractivity contribution is 7.92. The Hall–Kier alpha value is -2.45. The number of sulfonamides is 1. The van der Waals surface area contributed by atoms with E-state index in [-0.39, 0.29) is 4.90 Å². The van der Waals surface area contributed by atoms with Gasteiger partial charge in [-0.3, -0.25) is 4.72 Å². The molecule has 28 heavy (non-hydrogen) atoms. The van der Waals surface area contributed by atoms with Crippen LogP contribution in [0.3, 0.4) is 0 Å². The van der Waals surface area contributed by atoms with Crippen molar-refractivity contribution in [3.8, 4) is 11.5 Å². The van der Waals surface area contributed by atoms with Crippen molar-refractivity contribution in [2.45, 2.75) is 18.7 Å². The van der Waals surface area contributed by atoms with Crippen LogP contribution < -0.4 is 19.1 Å². The minimum absolute atomic E-state index is 0.188. The summed E-state index contributed by atoms with van der Waals surface area (Å²) in [5.74, 6) is 1.07. The van der Waals surface area contributed by atoms with Crippen molar-refractivity contribution in [2.75, 3.05) is 49.1 Å². The molecule has 0 spiro atoms. The Kier molecular flexibility index (Phi) is 6.64. The molecule has 152 valence electrons. The summed E-state index contributed by atoms with van der Waals surface area (Å²) in [5.41, 5.74) is 1.22. The summed E-state index contributed by atoms with van der Waals surface area (Å²) in [5, 5.41) is 0. The van der Waals surface area contributed by atoms with E-state index in [1.54, 1.807) is 36.4 Å². The van der Waals surface area contributed by atoms with E-state index < -0.39 is 10.0 Å². The molecule has 7 nitrogen and oxygen atoms in total. The third kappa shape index (κ3) is 4.69. The second kappa shape index (κ2) is 9.16. The first kappa shape index (κ1) is 20.3. The monoisotopic (exact) mass is 406 g/mol. The quantitative estimate of drug-likeness (QED) is 0.726. The van der Waals surface area contributed by atoms with Crippen LogP contribution in [0.15, 0.2) is 47.4 Å². The maximum atomic E-state index is 12.8. The van der Waals surface area contributed by atoms with Crippen LogP contribution in [-0.4, -0.2) is 47.9 Å². The van der Waals surface area contributed by atoms with E-state index in [0.29, 0.717) is 43.6 Å². The lowest BCUT2D eigenvalue weighted by Crippen LogP contribution is -2.36. The zero-order chi connectivity index (χ0) is 20.0. The minimum atomic E-state index is -3.74. The molecule has 3 rings (SSSR count). The molecule has 0 unspecified atom stereocenters. The summed E-state index contributed by atoms with van der Waals surface area (Å²) in [6, 6.07) is 11.8. The Morgan fingerprint density at radius 1 is 1.00 bits per heavy atom. The number of hydrogen-bond donors (Lipinski definition) is 1. The third-order valence-corrected chi connectivity index (χ3v) is 5.69. The molecule has 0 saturated carbocycles. The average Bonchev–Trinajstić information content (AvgIpc) is 2.71. The maximum absolute atomic E-state index is 12.8. The molecular weight excluding hydrogens is 380 g/mol. The molecule has 8 heteroatoms. The van der Waals surface area contributed by atoms with Gasteiger partial charge in [0.1, 0.15) is 11.5 Å². The zero-order valence-corrected chi connectivity index (χ0v) is 17.0. The van der Waals surface area contributed by atoms with Gasteiger partial charge in [0.15, 0.2) is 0 Å². The summed E-state index contributed by atoms with van der Waals surface area (Å²) in [7, 11) is -3.74. The third-order valence-electron chi connectivity index (χ3n) is 4.31. The number of rotatable bonds is 8. The number of hydrogen-bond acceptors (Lipinski definition) is 6. The Labute approximate surface area is 166 Å². The van der Waals surface area contributed by atoms with Gasteiger partial charge in [-0.2, -0.15) is 0 Å². The highest BCUT2D eigenvalue weighted by atomic mass is 32.2. The van der Waals surface area contributed by atoms with E-state index in [2.05, 4.69) is 9.62 Å². The molecule has 0 amide bonds. The normalized spacial score (nSPS) is 14.6. The van der Waals surface area contributed by atoms with Crippen LogP contribution in [-0.2, 0) is 14.8 Å². The van der Waals surface area contributed by atoms with Gasteiger partial charge in [-0.15, -0.1) is 0 Å². The topological polar surface area (TPSA) is 77.1 Å². The first-order chi connectivity index (χ1) is 13.5. The minimum Gasteiger partial charge on any atom is -0.492 e. The SMILES string of the molecule is CCOc1cc(N2CCOCC2)c(OCC)cc1NS(=O)(=O)c1ccccc1. The van der Waals surface area contributed by atoms with Gasteiger partial charge >= 0.3 is 0 Å². The van der Waals surface area contributed by atoms with Gasteiger partial charge in [0.2, 0.25) is 0 Å². The van der Waals surface area contributed by atoms with Crippen molar-refractivity contribution in [1.82, 2.24) is 0 Å². The first-order valence-electron chi connectivity index (χ1n) is 9.39. The molecular formula is C20H26N2O5S. The smallest absolute Gasteiger partial charge is 0.262 e. The Bertz CT molecular complexity index is 881. The largest absolute Gasteiger partial charge is 0.492 e. The van der Waals surface area contributed by atoms with Crippen LogP contribution in [0.25, 0.3) is 0 Å². The van der Waals surface area contributed by atoms with Crippen LogP contribution in [0.1, 0.15) is 13.8 Å². The Balaban J connectivity index is 2.00. The molecule has 1 N–H and O–H groups in total. The van der Waals surface area contributed by atoms with Crippen LogP contribution in [0.5, 0.6) is 11.5 Å². The van der Waals surface area contributed by atoms with Crippen LogP contribution in [0, 0.1) is 0 Å². The van der Waals surface area contributed by atoms with E-state index in [1.165, 1.54) is 0 Å². The van der Waals surface area contributed by atoms with Gasteiger partial charge in [0, 0.05) is 25.2 Å². The van der Waals surface area contributed by atoms with E-state index in [0.717, 1.165) is 18.8 Å². The number of benzene rings is 2. The molecule has 1 aliphatic heterocycles. The molecule has 0 radical (unpaired) electrons. The number of morpholine rings is 1. The Morgan fingerprint density at radius 2 is 1.64 bits per heavy atom. The lowest BCUT2D eigenvalue weighted by atomic mass is 10.2. The molecule has 2 aromatic rings. The van der Waals surface area contributed by atoms with Crippen LogP contribution in [0.4, 0.5) is 11.4 Å². The highest BCUT2D eigenvalue weighted by Gasteiger charge is 2.22. The average molecular weight is 407 g/mol. The molecule has 1 fully saturated rings. The second-order valence-electron chi connectivity index (χ2n) is 6.20. The molecule has 0 aliphatic carbocycles. The van der Waals surface area contributed by atoms with Crippen molar-refractivity contribution >= 4 is 21.4 Å². The van der Waals surface area contributed by atoms with Crippen molar-refractivity contribution in [3.05, 3.63) is 42.5 Å². The summed E-state index contributed by atoms with van der Waals surface area (Å²) >= 11 is 0. The molecule has 1 aliphatic rings. The van der Waals surface area contributed by atoms with Gasteiger partial charge in [0.25, 0.3) is 10.0 Å². The van der Waals surface area contributed by atoms with Gasteiger partial charge in [-0.1, -0.05) is 18.2 Å². The number of nitrogens with one attached hydrogen (secondary N) is 1. The maximum Gasteiger partial charge on any atom is 0.262 e. The molecule has 0 aromatic heterocycles. The van der Waals surface area contributed by atoms with Crippen molar-refractivity contribution in [2.24, 2.45) is 0 Å². The predicted octanol–water partition coefficient (Wildman–Crippen LogP) is 3.12. The van der Waals surface area contributed by atoms with Crippen LogP contribution >= 0.6 is 0 Å². The molecule has 2 aromatic carbocycles. The lowest BCUT2D eigenvalue weighted by molar-refractivity contribution is 0.122. The van der Waals surface area contributed by atoms with E-state index in [9.17, 15) is 8.42 Å². The van der Waals surface area contributed by atoms with Gasteiger partial charge in [-0.25, -0.2) is 8.42 Å². The lowest BCUT2D eigenvalue weighted by Gasteiger charge is -2.31. The van der Waals surface area contributed by atoms with Crippen molar-refractivity contribution < 1.29 is 22.6 Å². The first-order valence-corrected chi connectivity index (χ1v) is 10.9. The van der Waals surface area contributed by atoms with Gasteiger partial charge < -0.3 is 19.1 Å². The summed E-state index contributed by atoms with van der Waals surface area (Å²) in [6.07, 6.45) is 0. The Morgan fingerprint density at radius 3 is 2.29 bits per heavy atom. The van der Waals surface area contributed by atoms with Crippen molar-refractivity contribution in [3.63, 3.8) is 0 Å². The second-order valence-corrected chi connectivity index (χ2v) is 7.88. The van der Waals surface area contributed by atoms with Crippen molar-refractivity contribution in [1.29, 1.82) is 0 Å². The molecule has 1 saturated heterocycles. The molecule has 0 bridgehead atoms. The van der Waals surface area contributed by atoms with E-state index >= 15 is 0 Å². The standard InChI is InChI=1S/C20H26N2O5S/c1-3-26-19-15-18(22-10-12-25-13-11-22)20(27-4-2)14-17(19)21-28(23,24)16-8-6-5-7-9-16/h5-9,14-15,21H,3-4,10-13H2,1-2H3. The number of nitrogens with zero attached hydrogens (tertiary/aromatic N) is 1. The molecule has 1 heterocycles. The predicted molar refractivity (Wildman–Crippen MR) is 109 cm³/mol. The summed E-state index contributed by atoms with van der Waals surface area (Å²) in [6.45, 7) is 7.39. The molecule has 0 atom stereocenters. The summed E-state index contributed by atoms with van der Waals surface area (Å²) < 4.78 is 45.2.